The summed E-state index contributed by atoms with van der Waals surface area (Å²) in [5.74, 6) is 1.33. The van der Waals surface area contributed by atoms with Crippen molar-refractivity contribution in [3.8, 4) is 11.5 Å². The van der Waals surface area contributed by atoms with Crippen LogP contribution in [0.2, 0.25) is 0 Å². The molecular formula is C24H27N3O4. The molecule has 0 amide bonds. The van der Waals surface area contributed by atoms with E-state index in [9.17, 15) is 14.7 Å². The Balaban J connectivity index is 1.63. The minimum Gasteiger partial charge on any atom is -0.481 e. The first-order chi connectivity index (χ1) is 14.8. The third-order valence-corrected chi connectivity index (χ3v) is 5.81. The molecule has 1 saturated heterocycles. The van der Waals surface area contributed by atoms with Crippen LogP contribution in [0.4, 0.5) is 5.69 Å². The fourth-order valence-electron chi connectivity index (χ4n) is 3.96. The topological polar surface area (TPSA) is 82.4 Å². The predicted molar refractivity (Wildman–Crippen MR) is 119 cm³/mol. The zero-order valence-corrected chi connectivity index (χ0v) is 18.1. The summed E-state index contributed by atoms with van der Waals surface area (Å²) in [5, 5.41) is 9.43. The molecule has 0 atom stereocenters. The smallest absolute Gasteiger partial charge is 0.310 e. The van der Waals surface area contributed by atoms with E-state index in [1.165, 1.54) is 0 Å². The van der Waals surface area contributed by atoms with Gasteiger partial charge in [-0.3, -0.25) is 14.5 Å². The zero-order chi connectivity index (χ0) is 22.2. The van der Waals surface area contributed by atoms with E-state index in [2.05, 4.69) is 15.9 Å². The Labute approximate surface area is 182 Å². The second kappa shape index (κ2) is 8.15. The first kappa shape index (κ1) is 21.1. The first-order valence-electron chi connectivity index (χ1n) is 10.4. The average molecular weight is 421 g/mol. The number of nitrogens with zero attached hydrogens (tertiary/aromatic N) is 3. The largest absolute Gasteiger partial charge is 0.481 e. The number of amidine groups is 1. The Morgan fingerprint density at radius 3 is 2.55 bits per heavy atom. The number of benzene rings is 2. The van der Waals surface area contributed by atoms with Crippen LogP contribution in [-0.4, -0.2) is 65.7 Å². The summed E-state index contributed by atoms with van der Waals surface area (Å²) in [4.78, 5) is 32.1. The van der Waals surface area contributed by atoms with Gasteiger partial charge in [0.05, 0.1) is 11.0 Å². The summed E-state index contributed by atoms with van der Waals surface area (Å²) in [7, 11) is 0. The number of hydrogen-bond donors (Lipinski definition) is 1. The number of ether oxygens (including phenoxy) is 1. The average Bonchev–Trinajstić information content (AvgIpc) is 2.90. The number of carboxylic acid groups (broad SMARTS) is 1. The lowest BCUT2D eigenvalue weighted by Gasteiger charge is -2.39. The van der Waals surface area contributed by atoms with Crippen LogP contribution in [0.15, 0.2) is 41.4 Å². The summed E-state index contributed by atoms with van der Waals surface area (Å²) < 4.78 is 6.16. The molecule has 1 N–H and O–H groups in total. The molecule has 0 aromatic heterocycles. The van der Waals surface area contributed by atoms with Crippen LogP contribution in [0.25, 0.3) is 0 Å². The van der Waals surface area contributed by atoms with E-state index in [4.69, 9.17) is 9.73 Å². The van der Waals surface area contributed by atoms with Crippen LogP contribution in [0, 0.1) is 12.3 Å². The van der Waals surface area contributed by atoms with Gasteiger partial charge in [0.1, 0.15) is 23.6 Å². The van der Waals surface area contributed by atoms with E-state index < -0.39 is 11.4 Å². The fourth-order valence-corrected chi connectivity index (χ4v) is 3.96. The number of hydrogen-bond acceptors (Lipinski definition) is 6. The number of aliphatic imine (C=N–C) groups is 1. The van der Waals surface area contributed by atoms with Crippen molar-refractivity contribution in [1.82, 2.24) is 9.80 Å². The first-order valence-corrected chi connectivity index (χ1v) is 10.4. The molecule has 2 aliphatic rings. The van der Waals surface area contributed by atoms with Crippen LogP contribution in [0.5, 0.6) is 11.5 Å². The van der Waals surface area contributed by atoms with Crippen LogP contribution in [0.1, 0.15) is 35.3 Å². The van der Waals surface area contributed by atoms with Crippen molar-refractivity contribution < 1.29 is 19.4 Å². The van der Waals surface area contributed by atoms with Gasteiger partial charge in [0.25, 0.3) is 0 Å². The van der Waals surface area contributed by atoms with E-state index in [1.807, 2.05) is 25.1 Å². The van der Waals surface area contributed by atoms with Gasteiger partial charge in [0.15, 0.2) is 5.75 Å². The minimum atomic E-state index is -0.783. The lowest BCUT2D eigenvalue weighted by molar-refractivity contribution is -0.148. The van der Waals surface area contributed by atoms with Crippen LogP contribution >= 0.6 is 0 Å². The van der Waals surface area contributed by atoms with E-state index in [-0.39, 0.29) is 0 Å². The standard InChI is InChI=1S/C24H27N3O4/c1-16-4-7-20-18(12-16)22(25-19-6-5-17(14-28)13-21(19)31-20)27-10-8-26(9-11-27)15-24(2,3)23(29)30/h4-7,12-14H,8-11,15H2,1-3H3,(H,29,30). The lowest BCUT2D eigenvalue weighted by atomic mass is 9.93. The molecule has 7 heteroatoms. The molecule has 0 bridgehead atoms. The predicted octanol–water partition coefficient (Wildman–Crippen LogP) is 3.72. The Hall–Kier alpha value is -3.19. The Morgan fingerprint density at radius 2 is 1.87 bits per heavy atom. The van der Waals surface area contributed by atoms with Crippen molar-refractivity contribution in [2.24, 2.45) is 10.4 Å². The van der Waals surface area contributed by atoms with Crippen LogP contribution in [0.3, 0.4) is 0 Å². The summed E-state index contributed by atoms with van der Waals surface area (Å²) in [6.07, 6.45) is 0.799. The summed E-state index contributed by atoms with van der Waals surface area (Å²) in [6.45, 7) is 9.07. The highest BCUT2D eigenvalue weighted by Gasteiger charge is 2.32. The molecule has 1 fully saturated rings. The van der Waals surface area contributed by atoms with Gasteiger partial charge in [-0.2, -0.15) is 0 Å². The summed E-state index contributed by atoms with van der Waals surface area (Å²) >= 11 is 0. The van der Waals surface area contributed by atoms with E-state index in [1.54, 1.807) is 26.0 Å². The molecule has 31 heavy (non-hydrogen) atoms. The molecule has 0 unspecified atom stereocenters. The second-order valence-corrected chi connectivity index (χ2v) is 8.83. The monoisotopic (exact) mass is 421 g/mol. The minimum absolute atomic E-state index is 0.513. The number of carbonyl (C=O) groups is 2. The van der Waals surface area contributed by atoms with Gasteiger partial charge >= 0.3 is 5.97 Å². The van der Waals surface area contributed by atoms with E-state index in [0.29, 0.717) is 29.3 Å². The molecule has 0 spiro atoms. The van der Waals surface area contributed by atoms with Gasteiger partial charge in [-0.15, -0.1) is 0 Å². The fraction of sp³-hybridized carbons (Fsp3) is 0.375. The van der Waals surface area contributed by atoms with Gasteiger partial charge in [-0.1, -0.05) is 11.6 Å². The molecule has 4 rings (SSSR count). The van der Waals surface area contributed by atoms with Gasteiger partial charge in [0, 0.05) is 38.3 Å². The second-order valence-electron chi connectivity index (χ2n) is 8.83. The third kappa shape index (κ3) is 4.32. The number of carbonyl (C=O) groups excluding carboxylic acids is 1. The normalized spacial score (nSPS) is 16.5. The highest BCUT2D eigenvalue weighted by Crippen LogP contribution is 2.39. The maximum absolute atomic E-state index is 11.5. The quantitative estimate of drug-likeness (QED) is 0.758. The molecule has 7 nitrogen and oxygen atoms in total. The zero-order valence-electron chi connectivity index (χ0n) is 18.1. The number of rotatable bonds is 4. The molecule has 0 aliphatic carbocycles. The van der Waals surface area contributed by atoms with Crippen molar-refractivity contribution in [1.29, 1.82) is 0 Å². The van der Waals surface area contributed by atoms with Crippen molar-refractivity contribution in [2.45, 2.75) is 20.8 Å². The summed E-state index contributed by atoms with van der Waals surface area (Å²) in [5.41, 5.74) is 2.47. The Kier molecular flexibility index (Phi) is 5.54. The number of aliphatic carboxylic acids is 1. The number of piperazine rings is 1. The Morgan fingerprint density at radius 1 is 1.13 bits per heavy atom. The molecule has 2 heterocycles. The maximum atomic E-state index is 11.5. The molecule has 0 radical (unpaired) electrons. The molecule has 0 saturated carbocycles. The molecule has 2 aromatic rings. The molecular weight excluding hydrogens is 394 g/mol. The van der Waals surface area contributed by atoms with Gasteiger partial charge in [-0.05, 0) is 51.1 Å². The van der Waals surface area contributed by atoms with Crippen LogP contribution in [-0.2, 0) is 4.79 Å². The Bertz CT molecular complexity index is 1050. The van der Waals surface area contributed by atoms with Crippen molar-refractivity contribution in [2.75, 3.05) is 32.7 Å². The number of fused-ring (bicyclic) bond motifs is 2. The van der Waals surface area contributed by atoms with Gasteiger partial charge in [-0.25, -0.2) is 4.99 Å². The highest BCUT2D eigenvalue weighted by atomic mass is 16.5. The van der Waals surface area contributed by atoms with Crippen LogP contribution < -0.4 is 4.74 Å². The van der Waals surface area contributed by atoms with E-state index in [0.717, 1.165) is 49.4 Å². The van der Waals surface area contributed by atoms with Crippen molar-refractivity contribution >= 4 is 23.8 Å². The highest BCUT2D eigenvalue weighted by molar-refractivity contribution is 6.04. The molecule has 162 valence electrons. The van der Waals surface area contributed by atoms with Gasteiger partial charge < -0.3 is 14.7 Å². The lowest BCUT2D eigenvalue weighted by Crippen LogP contribution is -2.52. The SMILES string of the molecule is Cc1ccc2c(c1)C(N1CCN(CC(C)(C)C(=O)O)CC1)=Nc1ccc(C=O)cc1O2. The van der Waals surface area contributed by atoms with Crippen molar-refractivity contribution in [3.63, 3.8) is 0 Å². The number of carboxylic acids is 1. The van der Waals surface area contributed by atoms with Crippen molar-refractivity contribution in [3.05, 3.63) is 53.1 Å². The maximum Gasteiger partial charge on any atom is 0.310 e. The summed E-state index contributed by atoms with van der Waals surface area (Å²) in [6, 6.07) is 11.3. The molecule has 2 aliphatic heterocycles. The number of aryl methyl sites for hydroxylation is 1. The van der Waals surface area contributed by atoms with Gasteiger partial charge in [0.2, 0.25) is 0 Å². The van der Waals surface area contributed by atoms with E-state index >= 15 is 0 Å². The third-order valence-electron chi connectivity index (χ3n) is 5.81. The molecule has 2 aromatic carbocycles. The number of aldehydes is 1.